The first-order chi connectivity index (χ1) is 8.83. The summed E-state index contributed by atoms with van der Waals surface area (Å²) in [5.74, 6) is 0.829. The summed E-state index contributed by atoms with van der Waals surface area (Å²) in [5.41, 5.74) is 4.18. The maximum atomic E-state index is 10.7. The molecule has 0 spiro atoms. The number of ether oxygens (including phenoxy) is 1. The van der Waals surface area contributed by atoms with Gasteiger partial charge in [0, 0.05) is 29.9 Å². The Morgan fingerprint density at radius 1 is 1.50 bits per heavy atom. The van der Waals surface area contributed by atoms with E-state index in [0.717, 1.165) is 41.9 Å². The molecule has 18 heavy (non-hydrogen) atoms. The van der Waals surface area contributed by atoms with Crippen molar-refractivity contribution in [2.45, 2.75) is 12.8 Å². The molecule has 0 atom stereocenters. The van der Waals surface area contributed by atoms with E-state index in [9.17, 15) is 4.79 Å². The van der Waals surface area contributed by atoms with E-state index in [0.29, 0.717) is 6.42 Å². The van der Waals surface area contributed by atoms with Crippen LogP contribution in [0, 0.1) is 0 Å². The number of carbonyl (C=O) groups excluding carboxylic acids is 1. The molecule has 4 heteroatoms. The van der Waals surface area contributed by atoms with E-state index >= 15 is 0 Å². The number of aromatic amines is 1. The Balaban J connectivity index is 2.18. The van der Waals surface area contributed by atoms with Gasteiger partial charge in [0.1, 0.15) is 12.0 Å². The molecule has 0 radical (unpaired) electrons. The van der Waals surface area contributed by atoms with E-state index in [4.69, 9.17) is 4.74 Å². The van der Waals surface area contributed by atoms with Crippen molar-refractivity contribution < 1.29 is 9.53 Å². The summed E-state index contributed by atoms with van der Waals surface area (Å²) in [4.78, 5) is 18.5. The fourth-order valence-electron chi connectivity index (χ4n) is 2.49. The van der Waals surface area contributed by atoms with Crippen molar-refractivity contribution in [1.29, 1.82) is 0 Å². The quantitative estimate of drug-likeness (QED) is 0.838. The number of fused-ring (bicyclic) bond motifs is 3. The number of nitrogens with zero attached hydrogens (tertiary/aromatic N) is 1. The smallest absolute Gasteiger partial charge is 0.126 e. The highest BCUT2D eigenvalue weighted by Gasteiger charge is 2.19. The molecular formula is C14H14N2O2. The third-order valence-corrected chi connectivity index (χ3v) is 3.34. The number of carbonyl (C=O) groups is 1. The number of rotatable bonds is 3. The molecule has 1 N–H and O–H groups in total. The first kappa shape index (κ1) is 11.0. The minimum atomic E-state index is 0.372. The number of H-pyrrole nitrogens is 1. The van der Waals surface area contributed by atoms with Gasteiger partial charge in [0.25, 0.3) is 0 Å². The average Bonchev–Trinajstić information content (AvgIpc) is 2.78. The van der Waals surface area contributed by atoms with E-state index in [2.05, 4.69) is 16.0 Å². The first-order valence-electron chi connectivity index (χ1n) is 5.99. The third kappa shape index (κ3) is 1.61. The zero-order valence-corrected chi connectivity index (χ0v) is 10.2. The molecule has 1 aliphatic heterocycles. The van der Waals surface area contributed by atoms with E-state index in [1.54, 1.807) is 7.11 Å². The Morgan fingerprint density at radius 3 is 3.17 bits per heavy atom. The van der Waals surface area contributed by atoms with E-state index < -0.39 is 0 Å². The summed E-state index contributed by atoms with van der Waals surface area (Å²) in [5, 5.41) is 1.20. The molecule has 92 valence electrons. The van der Waals surface area contributed by atoms with Gasteiger partial charge < -0.3 is 14.5 Å². The summed E-state index contributed by atoms with van der Waals surface area (Å²) in [6.45, 7) is 0.759. The lowest BCUT2D eigenvalue weighted by Crippen LogP contribution is -2.12. The number of aldehydes is 1. The summed E-state index contributed by atoms with van der Waals surface area (Å²) >= 11 is 0. The van der Waals surface area contributed by atoms with E-state index in [1.165, 1.54) is 10.9 Å². The van der Waals surface area contributed by atoms with Crippen molar-refractivity contribution in [3.8, 4) is 5.75 Å². The van der Waals surface area contributed by atoms with Gasteiger partial charge >= 0.3 is 0 Å². The predicted molar refractivity (Wildman–Crippen MR) is 70.6 cm³/mol. The van der Waals surface area contributed by atoms with Crippen molar-refractivity contribution in [1.82, 2.24) is 4.98 Å². The summed E-state index contributed by atoms with van der Waals surface area (Å²) in [6.07, 6.45) is 2.20. The van der Waals surface area contributed by atoms with Gasteiger partial charge in [-0.3, -0.25) is 4.99 Å². The Hall–Kier alpha value is -2.10. The number of hydrogen-bond acceptors (Lipinski definition) is 3. The molecule has 3 rings (SSSR count). The molecule has 0 amide bonds. The van der Waals surface area contributed by atoms with Gasteiger partial charge in [-0.25, -0.2) is 0 Å². The van der Waals surface area contributed by atoms with Gasteiger partial charge in [-0.15, -0.1) is 0 Å². The van der Waals surface area contributed by atoms with Crippen LogP contribution in [0.25, 0.3) is 10.9 Å². The monoisotopic (exact) mass is 242 g/mol. The lowest BCUT2D eigenvalue weighted by atomic mass is 10.0. The van der Waals surface area contributed by atoms with Crippen molar-refractivity contribution in [2.24, 2.45) is 4.99 Å². The Morgan fingerprint density at radius 2 is 2.39 bits per heavy atom. The standard InChI is InChI=1S/C14H14N2O2/c1-18-9-2-3-10-11-4-6-15-12(5-7-17)14(11)16-13(10)8-9/h2-3,7-8,16H,4-6H2,1H3. The topological polar surface area (TPSA) is 54.5 Å². The predicted octanol–water partition coefficient (Wildman–Crippen LogP) is 2.11. The number of benzene rings is 1. The van der Waals surface area contributed by atoms with Crippen LogP contribution in [0.5, 0.6) is 5.75 Å². The lowest BCUT2D eigenvalue weighted by Gasteiger charge is -2.10. The largest absolute Gasteiger partial charge is 0.497 e. The third-order valence-electron chi connectivity index (χ3n) is 3.34. The Bertz CT molecular complexity index is 641. The number of methoxy groups -OCH3 is 1. The second-order valence-electron chi connectivity index (χ2n) is 4.34. The fourth-order valence-corrected chi connectivity index (χ4v) is 2.49. The maximum Gasteiger partial charge on any atom is 0.126 e. The maximum absolute atomic E-state index is 10.7. The number of nitrogens with one attached hydrogen (secondary N) is 1. The number of aromatic nitrogens is 1. The van der Waals surface area contributed by atoms with E-state index in [1.807, 2.05) is 12.1 Å². The molecule has 0 unspecified atom stereocenters. The van der Waals surface area contributed by atoms with Crippen LogP contribution in [0.3, 0.4) is 0 Å². The van der Waals surface area contributed by atoms with Crippen LogP contribution in [-0.4, -0.2) is 30.6 Å². The Labute approximate surface area is 105 Å². The molecule has 1 aromatic heterocycles. The summed E-state index contributed by atoms with van der Waals surface area (Å²) < 4.78 is 5.22. The number of aliphatic imine (C=N–C) groups is 1. The van der Waals surface area contributed by atoms with Gasteiger partial charge in [-0.1, -0.05) is 0 Å². The molecule has 1 aromatic carbocycles. The molecule has 1 aliphatic rings. The highest BCUT2D eigenvalue weighted by Crippen LogP contribution is 2.29. The second kappa shape index (κ2) is 4.29. The van der Waals surface area contributed by atoms with Crippen LogP contribution in [0.15, 0.2) is 23.2 Å². The highest BCUT2D eigenvalue weighted by atomic mass is 16.5. The van der Waals surface area contributed by atoms with Crippen molar-refractivity contribution >= 4 is 22.9 Å². The summed E-state index contributed by atoms with van der Waals surface area (Å²) in [6, 6.07) is 6.00. The first-order valence-corrected chi connectivity index (χ1v) is 5.99. The zero-order chi connectivity index (χ0) is 12.5. The molecule has 4 nitrogen and oxygen atoms in total. The van der Waals surface area contributed by atoms with Gasteiger partial charge in [0.2, 0.25) is 0 Å². The summed E-state index contributed by atoms with van der Waals surface area (Å²) in [7, 11) is 1.66. The SMILES string of the molecule is COc1ccc2c3c([nH]c2c1)C(CC=O)=NCC3. The van der Waals surface area contributed by atoms with Gasteiger partial charge in [0.15, 0.2) is 0 Å². The van der Waals surface area contributed by atoms with Crippen LogP contribution >= 0.6 is 0 Å². The van der Waals surface area contributed by atoms with Crippen molar-refractivity contribution in [3.05, 3.63) is 29.5 Å². The van der Waals surface area contributed by atoms with Gasteiger partial charge in [-0.2, -0.15) is 0 Å². The molecule has 2 aromatic rings. The average molecular weight is 242 g/mol. The normalized spacial score (nSPS) is 14.2. The van der Waals surface area contributed by atoms with Crippen molar-refractivity contribution in [2.75, 3.05) is 13.7 Å². The lowest BCUT2D eigenvalue weighted by molar-refractivity contribution is -0.106. The van der Waals surface area contributed by atoms with Crippen LogP contribution < -0.4 is 4.74 Å². The van der Waals surface area contributed by atoms with Crippen LogP contribution in [0.2, 0.25) is 0 Å². The highest BCUT2D eigenvalue weighted by molar-refractivity contribution is 6.10. The molecule has 0 aliphatic carbocycles. The fraction of sp³-hybridized carbons (Fsp3) is 0.286. The molecular weight excluding hydrogens is 228 g/mol. The van der Waals surface area contributed by atoms with Crippen LogP contribution in [0.1, 0.15) is 17.7 Å². The second-order valence-corrected chi connectivity index (χ2v) is 4.34. The molecule has 0 saturated heterocycles. The molecule has 0 bridgehead atoms. The minimum absolute atomic E-state index is 0.372. The van der Waals surface area contributed by atoms with Gasteiger partial charge in [-0.05, 0) is 24.1 Å². The minimum Gasteiger partial charge on any atom is -0.497 e. The molecule has 0 fully saturated rings. The molecule has 2 heterocycles. The van der Waals surface area contributed by atoms with Gasteiger partial charge in [0.05, 0.1) is 18.5 Å². The van der Waals surface area contributed by atoms with Crippen molar-refractivity contribution in [3.63, 3.8) is 0 Å². The molecule has 0 saturated carbocycles. The van der Waals surface area contributed by atoms with Crippen LogP contribution in [-0.2, 0) is 11.2 Å². The Kier molecular flexibility index (Phi) is 2.63. The van der Waals surface area contributed by atoms with Crippen LogP contribution in [0.4, 0.5) is 0 Å². The zero-order valence-electron chi connectivity index (χ0n) is 10.2. The number of hydrogen-bond donors (Lipinski definition) is 1. The van der Waals surface area contributed by atoms with E-state index in [-0.39, 0.29) is 0 Å².